The average Bonchev–Trinajstić information content (AvgIpc) is 2.80. The summed E-state index contributed by atoms with van der Waals surface area (Å²) in [7, 11) is 0. The molecule has 2 rings (SSSR count). The topological polar surface area (TPSA) is 97.1 Å². The van der Waals surface area contributed by atoms with Crippen LogP contribution < -0.4 is 5.32 Å². The SMILES string of the molecule is Cc1ccc(NC(=O)c2cn(CC(=O)O)nn2)c(Br)c1. The zero-order valence-electron chi connectivity index (χ0n) is 10.5. The lowest BCUT2D eigenvalue weighted by atomic mass is 10.2. The molecule has 0 spiro atoms. The van der Waals surface area contributed by atoms with Crippen molar-refractivity contribution in [3.05, 3.63) is 40.1 Å². The fourth-order valence-electron chi connectivity index (χ4n) is 1.53. The van der Waals surface area contributed by atoms with Crippen LogP contribution in [0.5, 0.6) is 0 Å². The highest BCUT2D eigenvalue weighted by Gasteiger charge is 2.13. The Balaban J connectivity index is 2.11. The van der Waals surface area contributed by atoms with Gasteiger partial charge in [0.15, 0.2) is 5.69 Å². The van der Waals surface area contributed by atoms with Crippen molar-refractivity contribution in [3.8, 4) is 0 Å². The predicted molar refractivity (Wildman–Crippen MR) is 74.5 cm³/mol. The standard InChI is InChI=1S/C12H11BrN4O3/c1-7-2-3-9(8(13)4-7)14-12(20)10-5-17(16-15-10)6-11(18)19/h2-5H,6H2,1H3,(H,14,20)(H,18,19). The van der Waals surface area contributed by atoms with Crippen molar-refractivity contribution in [2.45, 2.75) is 13.5 Å². The summed E-state index contributed by atoms with van der Waals surface area (Å²) in [5.41, 5.74) is 1.72. The van der Waals surface area contributed by atoms with Crippen LogP contribution in [0.2, 0.25) is 0 Å². The van der Waals surface area contributed by atoms with Gasteiger partial charge in [-0.3, -0.25) is 9.59 Å². The van der Waals surface area contributed by atoms with Crippen molar-refractivity contribution in [2.75, 3.05) is 5.32 Å². The van der Waals surface area contributed by atoms with E-state index in [1.165, 1.54) is 6.20 Å². The van der Waals surface area contributed by atoms with Gasteiger partial charge in [-0.1, -0.05) is 11.3 Å². The van der Waals surface area contributed by atoms with Crippen LogP contribution in [-0.4, -0.2) is 32.0 Å². The molecule has 0 saturated heterocycles. The normalized spacial score (nSPS) is 10.3. The molecule has 8 heteroatoms. The Bertz CT molecular complexity index is 668. The molecule has 0 atom stereocenters. The fourth-order valence-corrected chi connectivity index (χ4v) is 2.12. The molecule has 0 unspecified atom stereocenters. The second kappa shape index (κ2) is 5.83. The largest absolute Gasteiger partial charge is 0.480 e. The highest BCUT2D eigenvalue weighted by Crippen LogP contribution is 2.23. The van der Waals surface area contributed by atoms with Gasteiger partial charge in [0.2, 0.25) is 0 Å². The Kier molecular flexibility index (Phi) is 4.14. The molecule has 0 aliphatic rings. The van der Waals surface area contributed by atoms with Crippen LogP contribution in [0.4, 0.5) is 5.69 Å². The number of nitrogens with zero attached hydrogens (tertiary/aromatic N) is 3. The van der Waals surface area contributed by atoms with Crippen LogP contribution >= 0.6 is 15.9 Å². The molecule has 2 aromatic rings. The summed E-state index contributed by atoms with van der Waals surface area (Å²) in [6.07, 6.45) is 1.28. The number of amides is 1. The number of anilines is 1. The maximum Gasteiger partial charge on any atom is 0.325 e. The molecule has 0 fully saturated rings. The van der Waals surface area contributed by atoms with Crippen LogP contribution in [0.25, 0.3) is 0 Å². The summed E-state index contributed by atoms with van der Waals surface area (Å²) in [4.78, 5) is 22.5. The van der Waals surface area contributed by atoms with Gasteiger partial charge in [0.25, 0.3) is 5.91 Å². The molecule has 2 N–H and O–H groups in total. The Morgan fingerprint density at radius 2 is 2.20 bits per heavy atom. The number of hydrogen-bond donors (Lipinski definition) is 2. The van der Waals surface area contributed by atoms with Gasteiger partial charge in [-0.25, -0.2) is 4.68 Å². The maximum absolute atomic E-state index is 12.0. The molecular weight excluding hydrogens is 328 g/mol. The van der Waals surface area contributed by atoms with Crippen molar-refractivity contribution < 1.29 is 14.7 Å². The number of nitrogens with one attached hydrogen (secondary N) is 1. The summed E-state index contributed by atoms with van der Waals surface area (Å²) in [5.74, 6) is -1.51. The zero-order valence-corrected chi connectivity index (χ0v) is 12.1. The third-order valence-corrected chi connectivity index (χ3v) is 3.10. The van der Waals surface area contributed by atoms with E-state index >= 15 is 0 Å². The van der Waals surface area contributed by atoms with Gasteiger partial charge in [0, 0.05) is 4.47 Å². The Hall–Kier alpha value is -2.22. The number of rotatable bonds is 4. The summed E-state index contributed by atoms with van der Waals surface area (Å²) in [5, 5.41) is 18.5. The number of carboxylic acids is 1. The third-order valence-electron chi connectivity index (χ3n) is 2.44. The van der Waals surface area contributed by atoms with E-state index < -0.39 is 11.9 Å². The minimum atomic E-state index is -1.05. The first kappa shape index (κ1) is 14.2. The number of halogens is 1. The summed E-state index contributed by atoms with van der Waals surface area (Å²) in [6, 6.07) is 5.50. The molecule has 7 nitrogen and oxygen atoms in total. The van der Waals surface area contributed by atoms with Gasteiger partial charge < -0.3 is 10.4 Å². The maximum atomic E-state index is 12.0. The Labute approximate surface area is 122 Å². The number of aryl methyl sites for hydroxylation is 1. The Morgan fingerprint density at radius 3 is 2.85 bits per heavy atom. The quantitative estimate of drug-likeness (QED) is 0.883. The van der Waals surface area contributed by atoms with Crippen molar-refractivity contribution >= 4 is 33.5 Å². The van der Waals surface area contributed by atoms with Gasteiger partial charge in [0.05, 0.1) is 11.9 Å². The summed E-state index contributed by atoms with van der Waals surface area (Å²) >= 11 is 3.35. The number of carbonyl (C=O) groups excluding carboxylic acids is 1. The smallest absolute Gasteiger partial charge is 0.325 e. The van der Waals surface area contributed by atoms with E-state index in [0.717, 1.165) is 14.7 Å². The van der Waals surface area contributed by atoms with E-state index in [0.29, 0.717) is 5.69 Å². The number of aliphatic carboxylic acids is 1. The first-order chi connectivity index (χ1) is 9.45. The molecule has 0 bridgehead atoms. The fraction of sp³-hybridized carbons (Fsp3) is 0.167. The number of carbonyl (C=O) groups is 2. The molecule has 0 radical (unpaired) electrons. The molecule has 0 saturated carbocycles. The second-order valence-corrected chi connectivity index (χ2v) is 4.99. The zero-order chi connectivity index (χ0) is 14.7. The predicted octanol–water partition coefficient (Wildman–Crippen LogP) is 1.69. The number of carboxylic acid groups (broad SMARTS) is 1. The minimum absolute atomic E-state index is 0.0544. The number of aromatic nitrogens is 3. The third kappa shape index (κ3) is 3.41. The van der Waals surface area contributed by atoms with Crippen molar-refractivity contribution in [2.24, 2.45) is 0 Å². The van der Waals surface area contributed by atoms with Crippen molar-refractivity contribution in [3.63, 3.8) is 0 Å². The van der Waals surface area contributed by atoms with E-state index in [9.17, 15) is 9.59 Å². The van der Waals surface area contributed by atoms with E-state index in [4.69, 9.17) is 5.11 Å². The van der Waals surface area contributed by atoms with E-state index in [2.05, 4.69) is 31.6 Å². The van der Waals surface area contributed by atoms with E-state index in [1.54, 1.807) is 6.07 Å². The highest BCUT2D eigenvalue weighted by atomic mass is 79.9. The van der Waals surface area contributed by atoms with Gasteiger partial charge in [-0.15, -0.1) is 5.10 Å². The molecule has 0 aliphatic carbocycles. The number of benzene rings is 1. The lowest BCUT2D eigenvalue weighted by Gasteiger charge is -2.06. The highest BCUT2D eigenvalue weighted by molar-refractivity contribution is 9.10. The van der Waals surface area contributed by atoms with E-state index in [-0.39, 0.29) is 12.2 Å². The average molecular weight is 339 g/mol. The summed E-state index contributed by atoms with van der Waals surface area (Å²) < 4.78 is 1.84. The second-order valence-electron chi connectivity index (χ2n) is 4.13. The lowest BCUT2D eigenvalue weighted by molar-refractivity contribution is -0.137. The first-order valence-electron chi connectivity index (χ1n) is 5.65. The summed E-state index contributed by atoms with van der Waals surface area (Å²) in [6.45, 7) is 1.60. The molecule has 104 valence electrons. The van der Waals surface area contributed by atoms with Crippen LogP contribution in [0.15, 0.2) is 28.9 Å². The van der Waals surface area contributed by atoms with Gasteiger partial charge in [-0.2, -0.15) is 0 Å². The van der Waals surface area contributed by atoms with Crippen LogP contribution in [0.1, 0.15) is 16.1 Å². The van der Waals surface area contributed by atoms with Crippen LogP contribution in [0, 0.1) is 6.92 Å². The first-order valence-corrected chi connectivity index (χ1v) is 6.44. The van der Waals surface area contributed by atoms with Crippen molar-refractivity contribution in [1.29, 1.82) is 0 Å². The molecule has 0 aliphatic heterocycles. The van der Waals surface area contributed by atoms with E-state index in [1.807, 2.05) is 19.1 Å². The van der Waals surface area contributed by atoms with Gasteiger partial charge >= 0.3 is 5.97 Å². The van der Waals surface area contributed by atoms with Gasteiger partial charge in [0.1, 0.15) is 6.54 Å². The molecule has 1 amide bonds. The van der Waals surface area contributed by atoms with Gasteiger partial charge in [-0.05, 0) is 40.5 Å². The molecule has 20 heavy (non-hydrogen) atoms. The molecule has 1 aromatic heterocycles. The monoisotopic (exact) mass is 338 g/mol. The Morgan fingerprint density at radius 1 is 1.45 bits per heavy atom. The molecule has 1 aromatic carbocycles. The number of hydrogen-bond acceptors (Lipinski definition) is 4. The minimum Gasteiger partial charge on any atom is -0.480 e. The van der Waals surface area contributed by atoms with Crippen LogP contribution in [0.3, 0.4) is 0 Å². The lowest BCUT2D eigenvalue weighted by Crippen LogP contribution is -2.13. The molecular formula is C12H11BrN4O3. The molecule has 1 heterocycles. The van der Waals surface area contributed by atoms with Crippen LogP contribution in [-0.2, 0) is 11.3 Å². The van der Waals surface area contributed by atoms with Crippen molar-refractivity contribution in [1.82, 2.24) is 15.0 Å².